The number of carbonyl (C=O) groups excluding carboxylic acids is 1. The van der Waals surface area contributed by atoms with Crippen molar-refractivity contribution < 1.29 is 9.90 Å². The van der Waals surface area contributed by atoms with E-state index >= 15 is 0 Å². The molecule has 0 aliphatic carbocycles. The van der Waals surface area contributed by atoms with Crippen LogP contribution in [0.5, 0.6) is 0 Å². The number of nitrogens with zero attached hydrogens (tertiary/aromatic N) is 2. The minimum atomic E-state index is -0.577. The number of hydrogen-bond donors (Lipinski definition) is 1. The Bertz CT molecular complexity index is 408. The number of β-amino-alcohol motifs (C(OH)–C–C–N with tert-alkyl or cyclic N) is 1. The molecule has 1 fully saturated rings. The average molecular weight is 271 g/mol. The van der Waals surface area contributed by atoms with Crippen LogP contribution in [0.4, 0.5) is 5.82 Å². The Morgan fingerprint density at radius 2 is 2.40 bits per heavy atom. The first-order valence-corrected chi connectivity index (χ1v) is 5.48. The summed E-state index contributed by atoms with van der Waals surface area (Å²) in [7, 11) is 0. The predicted octanol–water partition coefficient (Wildman–Crippen LogP) is 1.25. The number of aliphatic hydroxyl groups is 1. The molecule has 1 saturated heterocycles. The molecule has 1 aliphatic rings. The third kappa shape index (κ3) is 1.89. The predicted molar refractivity (Wildman–Crippen MR) is 59.7 cm³/mol. The van der Waals surface area contributed by atoms with Crippen molar-refractivity contribution in [1.29, 1.82) is 0 Å². The molecule has 1 N–H and O–H groups in total. The van der Waals surface area contributed by atoms with E-state index in [1.165, 1.54) is 4.90 Å². The molecule has 1 aromatic rings. The highest BCUT2D eigenvalue weighted by Gasteiger charge is 2.31. The van der Waals surface area contributed by atoms with Crippen molar-refractivity contribution in [3.63, 3.8) is 0 Å². The second-order valence-electron chi connectivity index (χ2n) is 3.63. The van der Waals surface area contributed by atoms with Gasteiger partial charge in [-0.15, -0.1) is 0 Å². The smallest absolute Gasteiger partial charge is 0.230 e. The summed E-state index contributed by atoms with van der Waals surface area (Å²) in [6, 6.07) is 1.87. The molecule has 2 heterocycles. The van der Waals surface area contributed by atoms with Gasteiger partial charge in [0.15, 0.2) is 0 Å². The van der Waals surface area contributed by atoms with Crippen LogP contribution in [-0.2, 0) is 4.79 Å². The fraction of sp³-hybridized carbons (Fsp3) is 0.400. The molecule has 0 spiro atoms. The maximum atomic E-state index is 11.6. The Morgan fingerprint density at radius 1 is 1.67 bits per heavy atom. The summed E-state index contributed by atoms with van der Waals surface area (Å²) in [4.78, 5) is 17.2. The zero-order chi connectivity index (χ0) is 11.0. The first kappa shape index (κ1) is 10.6. The van der Waals surface area contributed by atoms with Gasteiger partial charge in [-0.05, 0) is 34.5 Å². The van der Waals surface area contributed by atoms with Crippen molar-refractivity contribution in [2.75, 3.05) is 11.4 Å². The van der Waals surface area contributed by atoms with Gasteiger partial charge in [-0.2, -0.15) is 0 Å². The number of amides is 1. The van der Waals surface area contributed by atoms with Crippen LogP contribution in [0.3, 0.4) is 0 Å². The summed E-state index contributed by atoms with van der Waals surface area (Å²) < 4.78 is 0.812. The minimum absolute atomic E-state index is 0.0821. The summed E-state index contributed by atoms with van der Waals surface area (Å²) in [6.45, 7) is 2.26. The van der Waals surface area contributed by atoms with E-state index in [0.29, 0.717) is 12.4 Å². The van der Waals surface area contributed by atoms with E-state index in [9.17, 15) is 9.90 Å². The quantitative estimate of drug-likeness (QED) is 0.836. The number of aryl methyl sites for hydroxylation is 1. The third-order valence-electron chi connectivity index (χ3n) is 2.42. The van der Waals surface area contributed by atoms with E-state index in [2.05, 4.69) is 20.9 Å². The molecule has 15 heavy (non-hydrogen) atoms. The summed E-state index contributed by atoms with van der Waals surface area (Å²) in [5, 5.41) is 9.39. The normalized spacial score (nSPS) is 21.1. The van der Waals surface area contributed by atoms with Crippen LogP contribution in [-0.4, -0.2) is 28.6 Å². The highest BCUT2D eigenvalue weighted by molar-refractivity contribution is 9.10. The van der Waals surface area contributed by atoms with Gasteiger partial charge in [0.2, 0.25) is 5.91 Å². The van der Waals surface area contributed by atoms with Crippen LogP contribution in [0.25, 0.3) is 0 Å². The van der Waals surface area contributed by atoms with E-state index in [1.54, 1.807) is 6.20 Å². The number of aliphatic hydroxyl groups excluding tert-OH is 1. The SMILES string of the molecule is Cc1ccnc(N2CC(O)CC2=O)c1Br. The van der Waals surface area contributed by atoms with Crippen LogP contribution in [0.15, 0.2) is 16.7 Å². The van der Waals surface area contributed by atoms with Gasteiger partial charge < -0.3 is 5.11 Å². The van der Waals surface area contributed by atoms with E-state index in [1.807, 2.05) is 13.0 Å². The molecule has 1 atom stereocenters. The maximum Gasteiger partial charge on any atom is 0.230 e. The second kappa shape index (κ2) is 3.90. The van der Waals surface area contributed by atoms with E-state index in [4.69, 9.17) is 0 Å². The highest BCUT2D eigenvalue weighted by atomic mass is 79.9. The van der Waals surface area contributed by atoms with Crippen molar-refractivity contribution >= 4 is 27.7 Å². The van der Waals surface area contributed by atoms with Crippen LogP contribution in [0.1, 0.15) is 12.0 Å². The van der Waals surface area contributed by atoms with Crippen molar-refractivity contribution in [2.24, 2.45) is 0 Å². The van der Waals surface area contributed by atoms with Gasteiger partial charge in [-0.1, -0.05) is 0 Å². The molecule has 4 nitrogen and oxygen atoms in total. The fourth-order valence-corrected chi connectivity index (χ4v) is 2.06. The number of hydrogen-bond acceptors (Lipinski definition) is 3. The lowest BCUT2D eigenvalue weighted by molar-refractivity contribution is -0.117. The van der Waals surface area contributed by atoms with Crippen LogP contribution < -0.4 is 4.90 Å². The summed E-state index contributed by atoms with van der Waals surface area (Å²) >= 11 is 3.40. The molecule has 0 bridgehead atoms. The Labute approximate surface area is 96.1 Å². The van der Waals surface area contributed by atoms with Crippen molar-refractivity contribution in [3.05, 3.63) is 22.3 Å². The number of halogens is 1. The Kier molecular flexibility index (Phi) is 2.75. The number of aromatic nitrogens is 1. The summed E-state index contributed by atoms with van der Waals surface area (Å²) in [6.07, 6.45) is 1.27. The second-order valence-corrected chi connectivity index (χ2v) is 4.42. The molecule has 1 aliphatic heterocycles. The van der Waals surface area contributed by atoms with Crippen molar-refractivity contribution in [1.82, 2.24) is 4.98 Å². The summed E-state index contributed by atoms with van der Waals surface area (Å²) in [5.74, 6) is 0.512. The van der Waals surface area contributed by atoms with Crippen molar-refractivity contribution in [3.8, 4) is 0 Å². The summed E-state index contributed by atoms with van der Waals surface area (Å²) in [5.41, 5.74) is 1.02. The van der Waals surface area contributed by atoms with Gasteiger partial charge in [0.05, 0.1) is 23.5 Å². The fourth-order valence-electron chi connectivity index (χ4n) is 1.61. The maximum absolute atomic E-state index is 11.6. The lowest BCUT2D eigenvalue weighted by Gasteiger charge is -2.16. The molecule has 0 saturated carbocycles. The Morgan fingerprint density at radius 3 is 3.00 bits per heavy atom. The lowest BCUT2D eigenvalue weighted by atomic mass is 10.3. The Hall–Kier alpha value is -0.940. The van der Waals surface area contributed by atoms with Gasteiger partial charge in [0.1, 0.15) is 5.82 Å². The van der Waals surface area contributed by atoms with E-state index in [-0.39, 0.29) is 12.3 Å². The number of anilines is 1. The first-order chi connectivity index (χ1) is 7.09. The Balaban J connectivity index is 2.38. The average Bonchev–Trinajstić information content (AvgIpc) is 2.50. The van der Waals surface area contributed by atoms with Crippen LogP contribution in [0.2, 0.25) is 0 Å². The van der Waals surface area contributed by atoms with E-state index in [0.717, 1.165) is 10.0 Å². The van der Waals surface area contributed by atoms with Gasteiger partial charge in [0.25, 0.3) is 0 Å². The molecule has 1 amide bonds. The van der Waals surface area contributed by atoms with Crippen LogP contribution >= 0.6 is 15.9 Å². The monoisotopic (exact) mass is 270 g/mol. The molecule has 1 unspecified atom stereocenters. The standard InChI is InChI=1S/C10H11BrN2O2/c1-6-2-3-12-10(9(6)11)13-5-7(14)4-8(13)15/h2-3,7,14H,4-5H2,1H3. The van der Waals surface area contributed by atoms with Gasteiger partial charge in [-0.3, -0.25) is 9.69 Å². The number of pyridine rings is 1. The molecule has 2 rings (SSSR count). The molecular weight excluding hydrogens is 260 g/mol. The number of carbonyl (C=O) groups is 1. The van der Waals surface area contributed by atoms with Gasteiger partial charge in [0, 0.05) is 6.20 Å². The highest BCUT2D eigenvalue weighted by Crippen LogP contribution is 2.29. The molecule has 5 heteroatoms. The van der Waals surface area contributed by atoms with Crippen molar-refractivity contribution in [2.45, 2.75) is 19.4 Å². The lowest BCUT2D eigenvalue weighted by Crippen LogP contribution is -2.26. The van der Waals surface area contributed by atoms with Gasteiger partial charge in [-0.25, -0.2) is 4.98 Å². The topological polar surface area (TPSA) is 53.4 Å². The zero-order valence-electron chi connectivity index (χ0n) is 8.27. The largest absolute Gasteiger partial charge is 0.391 e. The molecule has 0 aromatic carbocycles. The van der Waals surface area contributed by atoms with Crippen LogP contribution in [0, 0.1) is 6.92 Å². The third-order valence-corrected chi connectivity index (χ3v) is 3.40. The molecule has 0 radical (unpaired) electrons. The van der Waals surface area contributed by atoms with E-state index < -0.39 is 6.10 Å². The number of rotatable bonds is 1. The van der Waals surface area contributed by atoms with Gasteiger partial charge >= 0.3 is 0 Å². The zero-order valence-corrected chi connectivity index (χ0v) is 9.86. The first-order valence-electron chi connectivity index (χ1n) is 4.69. The molecular formula is C10H11BrN2O2. The molecule has 1 aromatic heterocycles. The minimum Gasteiger partial charge on any atom is -0.391 e. The molecule has 80 valence electrons.